The third-order valence-electron chi connectivity index (χ3n) is 4.71. The van der Waals surface area contributed by atoms with Crippen molar-refractivity contribution in [1.29, 1.82) is 0 Å². The van der Waals surface area contributed by atoms with Crippen molar-refractivity contribution in [2.45, 2.75) is 52.0 Å². The monoisotopic (exact) mass is 366 g/mol. The minimum absolute atomic E-state index is 0.0393. The van der Waals surface area contributed by atoms with E-state index in [0.29, 0.717) is 12.1 Å². The molecule has 4 nitrogen and oxygen atoms in total. The summed E-state index contributed by atoms with van der Waals surface area (Å²) in [5.74, 6) is -0.213. The standard InChI is InChI=1S/C23H30N2O2/c1-16(18-9-7-6-8-10-18)15-24-21(26)17(2)25-22(27)19-11-13-20(14-12-19)23(3,4)5/h6-14,16-17H,15H2,1-5H3,(H,24,26)(H,25,27). The Hall–Kier alpha value is -2.62. The quantitative estimate of drug-likeness (QED) is 0.811. The molecule has 2 aromatic carbocycles. The molecule has 0 aliphatic rings. The van der Waals surface area contributed by atoms with Crippen LogP contribution in [0.5, 0.6) is 0 Å². The zero-order valence-electron chi connectivity index (χ0n) is 16.9. The fourth-order valence-electron chi connectivity index (χ4n) is 2.77. The summed E-state index contributed by atoms with van der Waals surface area (Å²) in [5, 5.41) is 5.68. The topological polar surface area (TPSA) is 58.2 Å². The van der Waals surface area contributed by atoms with Gasteiger partial charge in [0.15, 0.2) is 0 Å². The van der Waals surface area contributed by atoms with E-state index in [0.717, 1.165) is 0 Å². The molecule has 0 bridgehead atoms. The summed E-state index contributed by atoms with van der Waals surface area (Å²) >= 11 is 0. The number of carbonyl (C=O) groups excluding carboxylic acids is 2. The Morgan fingerprint density at radius 2 is 1.52 bits per heavy atom. The summed E-state index contributed by atoms with van der Waals surface area (Å²) in [4.78, 5) is 24.7. The highest BCUT2D eigenvalue weighted by atomic mass is 16.2. The lowest BCUT2D eigenvalue weighted by atomic mass is 9.86. The van der Waals surface area contributed by atoms with Gasteiger partial charge in [0.2, 0.25) is 5.91 Å². The van der Waals surface area contributed by atoms with Gasteiger partial charge in [-0.15, -0.1) is 0 Å². The SMILES string of the molecule is CC(NC(=O)c1ccc(C(C)(C)C)cc1)C(=O)NCC(C)c1ccccc1. The second kappa shape index (κ2) is 8.85. The predicted molar refractivity (Wildman–Crippen MR) is 110 cm³/mol. The molecule has 27 heavy (non-hydrogen) atoms. The fourth-order valence-corrected chi connectivity index (χ4v) is 2.77. The molecule has 2 N–H and O–H groups in total. The number of carbonyl (C=O) groups is 2. The molecule has 0 radical (unpaired) electrons. The van der Waals surface area contributed by atoms with E-state index in [-0.39, 0.29) is 23.1 Å². The van der Waals surface area contributed by atoms with Crippen molar-refractivity contribution in [3.05, 3.63) is 71.3 Å². The fraction of sp³-hybridized carbons (Fsp3) is 0.391. The van der Waals surface area contributed by atoms with Gasteiger partial charge in [0, 0.05) is 12.1 Å². The van der Waals surface area contributed by atoms with Crippen LogP contribution in [0.3, 0.4) is 0 Å². The van der Waals surface area contributed by atoms with E-state index in [9.17, 15) is 9.59 Å². The minimum atomic E-state index is -0.595. The van der Waals surface area contributed by atoms with E-state index < -0.39 is 6.04 Å². The second-order valence-corrected chi connectivity index (χ2v) is 8.08. The molecule has 0 fully saturated rings. The Kier molecular flexibility index (Phi) is 6.78. The summed E-state index contributed by atoms with van der Waals surface area (Å²) < 4.78 is 0. The van der Waals surface area contributed by atoms with Crippen LogP contribution >= 0.6 is 0 Å². The van der Waals surface area contributed by atoms with Gasteiger partial charge in [-0.1, -0.05) is 70.2 Å². The number of hydrogen-bond donors (Lipinski definition) is 2. The van der Waals surface area contributed by atoms with Crippen LogP contribution in [0.2, 0.25) is 0 Å². The molecule has 0 heterocycles. The first-order valence-electron chi connectivity index (χ1n) is 9.42. The van der Waals surface area contributed by atoms with Gasteiger partial charge < -0.3 is 10.6 Å². The third kappa shape index (κ3) is 5.95. The molecule has 0 aliphatic carbocycles. The molecule has 2 aromatic rings. The smallest absolute Gasteiger partial charge is 0.251 e. The number of rotatable bonds is 6. The summed E-state index contributed by atoms with van der Waals surface area (Å²) in [6.07, 6.45) is 0. The van der Waals surface area contributed by atoms with E-state index in [4.69, 9.17) is 0 Å². The zero-order chi connectivity index (χ0) is 20.0. The van der Waals surface area contributed by atoms with Gasteiger partial charge >= 0.3 is 0 Å². The van der Waals surface area contributed by atoms with Gasteiger partial charge in [-0.2, -0.15) is 0 Å². The molecule has 0 aliphatic heterocycles. The van der Waals surface area contributed by atoms with Gasteiger partial charge in [0.05, 0.1) is 0 Å². The summed E-state index contributed by atoms with van der Waals surface area (Å²) in [6.45, 7) is 10.7. The number of nitrogens with one attached hydrogen (secondary N) is 2. The lowest BCUT2D eigenvalue weighted by Crippen LogP contribution is -2.45. The van der Waals surface area contributed by atoms with Crippen molar-refractivity contribution < 1.29 is 9.59 Å². The van der Waals surface area contributed by atoms with Crippen LogP contribution in [-0.2, 0) is 10.2 Å². The summed E-state index contributed by atoms with van der Waals surface area (Å²) in [7, 11) is 0. The van der Waals surface area contributed by atoms with E-state index in [1.807, 2.05) is 42.5 Å². The molecular weight excluding hydrogens is 336 g/mol. The Balaban J connectivity index is 1.87. The lowest BCUT2D eigenvalue weighted by Gasteiger charge is -2.19. The van der Waals surface area contributed by atoms with Crippen molar-refractivity contribution in [3.8, 4) is 0 Å². The maximum absolute atomic E-state index is 12.4. The molecule has 2 atom stereocenters. The predicted octanol–water partition coefficient (Wildman–Crippen LogP) is 4.02. The first kappa shape index (κ1) is 20.7. The highest BCUT2D eigenvalue weighted by molar-refractivity contribution is 5.97. The highest BCUT2D eigenvalue weighted by Crippen LogP contribution is 2.22. The number of amides is 2. The van der Waals surface area contributed by atoms with Crippen molar-refractivity contribution in [3.63, 3.8) is 0 Å². The van der Waals surface area contributed by atoms with Crippen molar-refractivity contribution >= 4 is 11.8 Å². The van der Waals surface area contributed by atoms with Crippen LogP contribution in [0.15, 0.2) is 54.6 Å². The molecular formula is C23H30N2O2. The molecule has 2 rings (SSSR count). The third-order valence-corrected chi connectivity index (χ3v) is 4.71. The summed E-state index contributed by atoms with van der Waals surface area (Å²) in [6, 6.07) is 17.0. The van der Waals surface area contributed by atoms with Gasteiger partial charge in [0.25, 0.3) is 5.91 Å². The van der Waals surface area contributed by atoms with Crippen LogP contribution in [0.1, 0.15) is 62.0 Å². The lowest BCUT2D eigenvalue weighted by molar-refractivity contribution is -0.122. The first-order valence-corrected chi connectivity index (χ1v) is 9.42. The number of benzene rings is 2. The molecule has 0 spiro atoms. The maximum Gasteiger partial charge on any atom is 0.251 e. The van der Waals surface area contributed by atoms with Gasteiger partial charge in [-0.25, -0.2) is 0 Å². The van der Waals surface area contributed by atoms with Crippen LogP contribution < -0.4 is 10.6 Å². The van der Waals surface area contributed by atoms with Crippen LogP contribution in [0, 0.1) is 0 Å². The average Bonchev–Trinajstić information content (AvgIpc) is 2.65. The van der Waals surface area contributed by atoms with Crippen LogP contribution in [-0.4, -0.2) is 24.4 Å². The Morgan fingerprint density at radius 3 is 2.07 bits per heavy atom. The Morgan fingerprint density at radius 1 is 0.926 bits per heavy atom. The zero-order valence-corrected chi connectivity index (χ0v) is 16.9. The Bertz CT molecular complexity index is 761. The Labute approximate surface area is 162 Å². The van der Waals surface area contributed by atoms with Crippen LogP contribution in [0.4, 0.5) is 0 Å². The van der Waals surface area contributed by atoms with E-state index in [1.165, 1.54) is 11.1 Å². The molecule has 144 valence electrons. The van der Waals surface area contributed by atoms with Gasteiger partial charge in [-0.05, 0) is 41.5 Å². The minimum Gasteiger partial charge on any atom is -0.354 e. The largest absolute Gasteiger partial charge is 0.354 e. The van der Waals surface area contributed by atoms with E-state index >= 15 is 0 Å². The average molecular weight is 367 g/mol. The van der Waals surface area contributed by atoms with E-state index in [2.05, 4.69) is 38.3 Å². The molecule has 0 aromatic heterocycles. The van der Waals surface area contributed by atoms with Crippen molar-refractivity contribution in [2.75, 3.05) is 6.54 Å². The second-order valence-electron chi connectivity index (χ2n) is 8.08. The van der Waals surface area contributed by atoms with Crippen LogP contribution in [0.25, 0.3) is 0 Å². The van der Waals surface area contributed by atoms with E-state index in [1.54, 1.807) is 19.1 Å². The molecule has 0 saturated carbocycles. The summed E-state index contributed by atoms with van der Waals surface area (Å²) in [5.41, 5.74) is 2.94. The molecule has 2 unspecified atom stereocenters. The highest BCUT2D eigenvalue weighted by Gasteiger charge is 2.18. The van der Waals surface area contributed by atoms with Gasteiger partial charge in [0.1, 0.15) is 6.04 Å². The maximum atomic E-state index is 12.4. The van der Waals surface area contributed by atoms with Crippen molar-refractivity contribution in [2.24, 2.45) is 0 Å². The van der Waals surface area contributed by atoms with Gasteiger partial charge in [-0.3, -0.25) is 9.59 Å². The van der Waals surface area contributed by atoms with Crippen molar-refractivity contribution in [1.82, 2.24) is 10.6 Å². The molecule has 4 heteroatoms. The number of hydrogen-bond acceptors (Lipinski definition) is 2. The molecule has 2 amide bonds. The first-order chi connectivity index (χ1) is 12.7. The molecule has 0 saturated heterocycles. The normalized spacial score (nSPS) is 13.5.